The number of nitro groups is 1. The van der Waals surface area contributed by atoms with Crippen LogP contribution in [0.25, 0.3) is 0 Å². The molecule has 7 heteroatoms. The molecule has 1 N–H and O–H groups in total. The lowest BCUT2D eigenvalue weighted by Crippen LogP contribution is -2.12. The molecule has 1 atom stereocenters. The number of carbonyl (C=O) groups is 1. The van der Waals surface area contributed by atoms with Crippen molar-refractivity contribution >= 4 is 11.8 Å². The van der Waals surface area contributed by atoms with E-state index in [1.807, 2.05) is 0 Å². The highest BCUT2D eigenvalue weighted by molar-refractivity contribution is 5.69. The number of cyclic esters (lactones) is 1. The Morgan fingerprint density at radius 3 is 2.88 bits per heavy atom. The van der Waals surface area contributed by atoms with E-state index in [4.69, 9.17) is 4.74 Å². The fourth-order valence-electron chi connectivity index (χ4n) is 1.44. The second-order valence-electron chi connectivity index (χ2n) is 3.24. The van der Waals surface area contributed by atoms with Gasteiger partial charge in [0.15, 0.2) is 0 Å². The van der Waals surface area contributed by atoms with Gasteiger partial charge in [0.05, 0.1) is 11.5 Å². The zero-order chi connectivity index (χ0) is 11.7. The van der Waals surface area contributed by atoms with Crippen LogP contribution < -0.4 is 5.32 Å². The summed E-state index contributed by atoms with van der Waals surface area (Å²) in [7, 11) is 0. The monoisotopic (exact) mass is 226 g/mol. The van der Waals surface area contributed by atoms with Gasteiger partial charge in [0, 0.05) is 11.6 Å². The number of nitro benzene ring substituents is 1. The lowest BCUT2D eigenvalue weighted by molar-refractivity contribution is -0.387. The Hall–Kier alpha value is -2.18. The molecule has 2 rings (SSSR count). The van der Waals surface area contributed by atoms with Crippen LogP contribution in [0.15, 0.2) is 18.2 Å². The van der Waals surface area contributed by atoms with Crippen molar-refractivity contribution in [3.8, 4) is 0 Å². The first-order valence-corrected chi connectivity index (χ1v) is 4.46. The van der Waals surface area contributed by atoms with Gasteiger partial charge in [-0.2, -0.15) is 4.39 Å². The predicted molar refractivity (Wildman–Crippen MR) is 50.3 cm³/mol. The molecule has 1 aromatic carbocycles. The van der Waals surface area contributed by atoms with Crippen molar-refractivity contribution in [3.63, 3.8) is 0 Å². The summed E-state index contributed by atoms with van der Waals surface area (Å²) in [5, 5.41) is 12.9. The minimum atomic E-state index is -0.911. The van der Waals surface area contributed by atoms with E-state index >= 15 is 0 Å². The maximum Gasteiger partial charge on any atom is 0.407 e. The Labute approximate surface area is 89.2 Å². The highest BCUT2D eigenvalue weighted by Gasteiger charge is 2.26. The Balaban J connectivity index is 2.32. The van der Waals surface area contributed by atoms with Crippen LogP contribution in [-0.4, -0.2) is 17.6 Å². The SMILES string of the molecule is O=C1NCC(c2ccc(F)c([N+](=O)[O-])c2)O1. The topological polar surface area (TPSA) is 81.5 Å². The van der Waals surface area contributed by atoms with E-state index in [1.165, 1.54) is 6.07 Å². The zero-order valence-electron chi connectivity index (χ0n) is 7.97. The molecule has 1 aliphatic heterocycles. The number of nitrogens with zero attached hydrogens (tertiary/aromatic N) is 1. The second-order valence-corrected chi connectivity index (χ2v) is 3.24. The number of nitrogens with one attached hydrogen (secondary N) is 1. The maximum atomic E-state index is 13.0. The molecule has 0 aliphatic carbocycles. The minimum Gasteiger partial charge on any atom is -0.439 e. The first-order valence-electron chi connectivity index (χ1n) is 4.46. The second kappa shape index (κ2) is 3.76. The van der Waals surface area contributed by atoms with Gasteiger partial charge in [0.25, 0.3) is 0 Å². The largest absolute Gasteiger partial charge is 0.439 e. The molecule has 1 saturated heterocycles. The fraction of sp³-hybridized carbons (Fsp3) is 0.222. The van der Waals surface area contributed by atoms with Gasteiger partial charge in [-0.05, 0) is 6.07 Å². The summed E-state index contributed by atoms with van der Waals surface area (Å²) in [5.74, 6) is -0.911. The van der Waals surface area contributed by atoms with Crippen molar-refractivity contribution in [1.29, 1.82) is 0 Å². The predicted octanol–water partition coefficient (Wildman–Crippen LogP) is 1.51. The van der Waals surface area contributed by atoms with E-state index in [9.17, 15) is 19.3 Å². The normalized spacial score (nSPS) is 19.1. The van der Waals surface area contributed by atoms with E-state index in [2.05, 4.69) is 5.32 Å². The number of hydrogen-bond acceptors (Lipinski definition) is 4. The molecule has 16 heavy (non-hydrogen) atoms. The molecule has 0 spiro atoms. The minimum absolute atomic E-state index is 0.224. The lowest BCUT2D eigenvalue weighted by atomic mass is 10.1. The zero-order valence-corrected chi connectivity index (χ0v) is 7.97. The van der Waals surface area contributed by atoms with Gasteiger partial charge in [-0.3, -0.25) is 10.1 Å². The van der Waals surface area contributed by atoms with E-state index in [-0.39, 0.29) is 6.54 Å². The molecule has 0 bridgehead atoms. The molecule has 0 saturated carbocycles. The van der Waals surface area contributed by atoms with Gasteiger partial charge < -0.3 is 10.1 Å². The van der Waals surface area contributed by atoms with Crippen molar-refractivity contribution in [2.75, 3.05) is 6.54 Å². The number of benzene rings is 1. The number of carbonyl (C=O) groups excluding carboxylic acids is 1. The van der Waals surface area contributed by atoms with Gasteiger partial charge in [-0.15, -0.1) is 0 Å². The third-order valence-electron chi connectivity index (χ3n) is 2.22. The van der Waals surface area contributed by atoms with Crippen molar-refractivity contribution in [2.24, 2.45) is 0 Å². The van der Waals surface area contributed by atoms with E-state index in [0.717, 1.165) is 12.1 Å². The average Bonchev–Trinajstić information content (AvgIpc) is 2.65. The summed E-state index contributed by atoms with van der Waals surface area (Å²) in [6.45, 7) is 0.224. The molecule has 1 aliphatic rings. The van der Waals surface area contributed by atoms with Crippen molar-refractivity contribution in [1.82, 2.24) is 5.32 Å². The van der Waals surface area contributed by atoms with Crippen LogP contribution in [0.5, 0.6) is 0 Å². The summed E-state index contributed by atoms with van der Waals surface area (Å²) in [6, 6.07) is 3.41. The van der Waals surface area contributed by atoms with E-state index in [0.29, 0.717) is 5.56 Å². The molecular weight excluding hydrogens is 219 g/mol. The molecule has 0 aromatic heterocycles. The summed E-state index contributed by atoms with van der Waals surface area (Å²) in [4.78, 5) is 20.5. The number of ether oxygens (including phenoxy) is 1. The number of hydrogen-bond donors (Lipinski definition) is 1. The van der Waals surface area contributed by atoms with Crippen molar-refractivity contribution in [3.05, 3.63) is 39.7 Å². The summed E-state index contributed by atoms with van der Waals surface area (Å²) in [5.41, 5.74) is -0.230. The molecule has 6 nitrogen and oxygen atoms in total. The van der Waals surface area contributed by atoms with Crippen LogP contribution >= 0.6 is 0 Å². The van der Waals surface area contributed by atoms with Crippen LogP contribution in [0.1, 0.15) is 11.7 Å². The van der Waals surface area contributed by atoms with Gasteiger partial charge in [-0.1, -0.05) is 6.07 Å². The lowest BCUT2D eigenvalue weighted by Gasteiger charge is -2.07. The van der Waals surface area contributed by atoms with Crippen LogP contribution in [0, 0.1) is 15.9 Å². The van der Waals surface area contributed by atoms with Crippen LogP contribution in [-0.2, 0) is 4.74 Å². The summed E-state index contributed by atoms with van der Waals surface area (Å²) >= 11 is 0. The standard InChI is InChI=1S/C9H7FN2O4/c10-6-2-1-5(3-7(6)12(14)15)8-4-11-9(13)16-8/h1-3,8H,4H2,(H,11,13). The molecule has 1 unspecified atom stereocenters. The number of halogens is 1. The Morgan fingerprint density at radius 2 is 2.31 bits per heavy atom. The fourth-order valence-corrected chi connectivity index (χ4v) is 1.44. The number of rotatable bonds is 2. The highest BCUT2D eigenvalue weighted by Crippen LogP contribution is 2.26. The van der Waals surface area contributed by atoms with Gasteiger partial charge in [0.2, 0.25) is 5.82 Å². The average molecular weight is 226 g/mol. The summed E-state index contributed by atoms with van der Waals surface area (Å²) in [6.07, 6.45) is -1.19. The van der Waals surface area contributed by atoms with E-state index < -0.39 is 28.6 Å². The highest BCUT2D eigenvalue weighted by atomic mass is 19.1. The molecule has 1 fully saturated rings. The van der Waals surface area contributed by atoms with Crippen LogP contribution in [0.3, 0.4) is 0 Å². The van der Waals surface area contributed by atoms with Crippen molar-refractivity contribution < 1.29 is 18.8 Å². The van der Waals surface area contributed by atoms with Crippen molar-refractivity contribution in [2.45, 2.75) is 6.10 Å². The smallest absolute Gasteiger partial charge is 0.407 e. The Bertz CT molecular complexity index is 463. The molecule has 1 heterocycles. The van der Waals surface area contributed by atoms with Crippen LogP contribution in [0.2, 0.25) is 0 Å². The molecular formula is C9H7FN2O4. The number of amides is 1. The van der Waals surface area contributed by atoms with Gasteiger partial charge >= 0.3 is 11.8 Å². The third kappa shape index (κ3) is 1.79. The summed E-state index contributed by atoms with van der Waals surface area (Å²) < 4.78 is 17.8. The Morgan fingerprint density at radius 1 is 1.56 bits per heavy atom. The third-order valence-corrected chi connectivity index (χ3v) is 2.22. The molecule has 84 valence electrons. The first kappa shape index (κ1) is 10.3. The van der Waals surface area contributed by atoms with Gasteiger partial charge in [0.1, 0.15) is 6.10 Å². The molecule has 0 radical (unpaired) electrons. The molecule has 1 amide bonds. The maximum absolute atomic E-state index is 13.0. The van der Waals surface area contributed by atoms with E-state index in [1.54, 1.807) is 0 Å². The first-order chi connectivity index (χ1) is 7.58. The van der Waals surface area contributed by atoms with Crippen LogP contribution in [0.4, 0.5) is 14.9 Å². The molecule has 1 aromatic rings. The van der Waals surface area contributed by atoms with Gasteiger partial charge in [-0.25, -0.2) is 4.79 Å². The quantitative estimate of drug-likeness (QED) is 0.612. The Kier molecular flexibility index (Phi) is 2.43. The number of alkyl carbamates (subject to hydrolysis) is 1.